The average molecular weight is 672 g/mol. The number of amides is 2. The van der Waals surface area contributed by atoms with E-state index in [9.17, 15) is 18.0 Å². The van der Waals surface area contributed by atoms with Gasteiger partial charge in [0, 0.05) is 26.3 Å². The molecule has 2 heterocycles. The lowest BCUT2D eigenvalue weighted by Gasteiger charge is -2.19. The molecular formula is C27H41N7O9S2. The minimum atomic E-state index is -3.87. The van der Waals surface area contributed by atoms with Crippen LogP contribution in [0.5, 0.6) is 5.75 Å². The molecule has 0 saturated carbocycles. The number of carbonyl (C=O) groups is 2. The fourth-order valence-electron chi connectivity index (χ4n) is 3.56. The van der Waals surface area contributed by atoms with Crippen LogP contribution in [0, 0.1) is 0 Å². The molecule has 3 aromatic rings. The number of thiazole rings is 1. The van der Waals surface area contributed by atoms with Crippen molar-refractivity contribution < 1.29 is 41.7 Å². The normalized spacial score (nSPS) is 11.9. The van der Waals surface area contributed by atoms with Gasteiger partial charge in [0.1, 0.15) is 30.2 Å². The number of ether oxygens (including phenoxy) is 5. The Bertz CT molecular complexity index is 1470. The summed E-state index contributed by atoms with van der Waals surface area (Å²) in [6, 6.07) is 4.98. The molecule has 0 atom stereocenters. The molecule has 4 N–H and O–H groups in total. The zero-order chi connectivity index (χ0) is 32.7. The molecule has 3 rings (SSSR count). The Hall–Kier alpha value is -3.42. The molecule has 0 radical (unpaired) electrons. The van der Waals surface area contributed by atoms with Crippen molar-refractivity contribution in [2.45, 2.75) is 56.7 Å². The van der Waals surface area contributed by atoms with Crippen LogP contribution in [-0.4, -0.2) is 98.7 Å². The molecule has 45 heavy (non-hydrogen) atoms. The summed E-state index contributed by atoms with van der Waals surface area (Å²) in [6.07, 6.45) is 2.50. The van der Waals surface area contributed by atoms with E-state index in [0.29, 0.717) is 87.2 Å². The van der Waals surface area contributed by atoms with Crippen LogP contribution in [0.1, 0.15) is 39.3 Å². The van der Waals surface area contributed by atoms with Crippen molar-refractivity contribution in [1.82, 2.24) is 30.6 Å². The van der Waals surface area contributed by atoms with Crippen molar-refractivity contribution in [1.29, 1.82) is 0 Å². The lowest BCUT2D eigenvalue weighted by molar-refractivity contribution is -0.121. The molecule has 0 unspecified atom stereocenters. The minimum Gasteiger partial charge on any atom is -0.487 e. The highest BCUT2D eigenvalue weighted by Crippen LogP contribution is 2.28. The molecule has 250 valence electrons. The van der Waals surface area contributed by atoms with E-state index >= 15 is 0 Å². The van der Waals surface area contributed by atoms with Crippen LogP contribution in [0.4, 0.5) is 4.79 Å². The Morgan fingerprint density at radius 2 is 1.62 bits per heavy atom. The number of hydrogen-bond donors (Lipinski definition) is 3. The van der Waals surface area contributed by atoms with Crippen molar-refractivity contribution >= 4 is 43.6 Å². The van der Waals surface area contributed by atoms with Gasteiger partial charge in [-0.1, -0.05) is 5.21 Å². The molecule has 16 nitrogen and oxygen atoms in total. The first kappa shape index (κ1) is 36.1. The van der Waals surface area contributed by atoms with Crippen LogP contribution in [0.3, 0.4) is 0 Å². The Morgan fingerprint density at radius 1 is 0.978 bits per heavy atom. The number of benzene rings is 1. The maximum atomic E-state index is 12.2. The number of carbonyl (C=O) groups excluding carboxylic acids is 2. The second-order valence-corrected chi connectivity index (χ2v) is 13.4. The molecule has 0 spiro atoms. The van der Waals surface area contributed by atoms with E-state index in [2.05, 4.69) is 25.9 Å². The number of hydrogen-bond acceptors (Lipinski definition) is 13. The van der Waals surface area contributed by atoms with Gasteiger partial charge in [0.15, 0.2) is 0 Å². The highest BCUT2D eigenvalue weighted by molar-refractivity contribution is 7.91. The number of primary sulfonamides is 1. The highest BCUT2D eigenvalue weighted by Gasteiger charge is 2.16. The highest BCUT2D eigenvalue weighted by atomic mass is 32.2. The summed E-state index contributed by atoms with van der Waals surface area (Å²) in [6.45, 7) is 9.25. The number of nitrogens with zero attached hydrogens (tertiary/aromatic N) is 4. The summed E-state index contributed by atoms with van der Waals surface area (Å²) in [5.41, 5.74) is 0.513. The number of aromatic nitrogens is 4. The van der Waals surface area contributed by atoms with E-state index in [0.717, 1.165) is 11.3 Å². The molecular weight excluding hydrogens is 630 g/mol. The van der Waals surface area contributed by atoms with Crippen LogP contribution in [0.2, 0.25) is 0 Å². The van der Waals surface area contributed by atoms with Crippen molar-refractivity contribution in [2.75, 3.05) is 52.7 Å². The third kappa shape index (κ3) is 14.5. The third-order valence-corrected chi connectivity index (χ3v) is 7.87. The van der Waals surface area contributed by atoms with E-state index in [4.69, 9.17) is 28.8 Å². The van der Waals surface area contributed by atoms with Crippen molar-refractivity contribution in [3.8, 4) is 5.75 Å². The number of sulfonamides is 1. The molecule has 2 aromatic heterocycles. The fraction of sp³-hybridized carbons (Fsp3) is 0.593. The second kappa shape index (κ2) is 17.9. The van der Waals surface area contributed by atoms with Gasteiger partial charge < -0.3 is 34.3 Å². The van der Waals surface area contributed by atoms with Gasteiger partial charge >= 0.3 is 6.09 Å². The van der Waals surface area contributed by atoms with E-state index in [1.807, 2.05) is 20.8 Å². The lowest BCUT2D eigenvalue weighted by atomic mass is 10.2. The smallest absolute Gasteiger partial charge is 0.407 e. The first-order valence-corrected chi connectivity index (χ1v) is 16.7. The summed E-state index contributed by atoms with van der Waals surface area (Å²) in [5, 5.41) is 18.6. The summed E-state index contributed by atoms with van der Waals surface area (Å²) < 4.78 is 52.2. The van der Waals surface area contributed by atoms with Crippen molar-refractivity contribution in [3.05, 3.63) is 30.1 Å². The molecule has 0 aliphatic heterocycles. The number of rotatable bonds is 20. The lowest BCUT2D eigenvalue weighted by Crippen LogP contribution is -2.33. The SMILES string of the molecule is CC(C)(C)OC(=O)NCCCOCCOCCOCCCNC(=O)Cn1cc(COc2ccc3nc(S(N)(=O)=O)sc3c2)nn1. The molecule has 18 heteroatoms. The maximum absolute atomic E-state index is 12.2. The minimum absolute atomic E-state index is 0.00713. The van der Waals surface area contributed by atoms with Crippen LogP contribution in [0.25, 0.3) is 10.2 Å². The molecule has 1 aromatic carbocycles. The Morgan fingerprint density at radius 3 is 2.27 bits per heavy atom. The summed E-state index contributed by atoms with van der Waals surface area (Å²) in [7, 11) is -3.87. The average Bonchev–Trinajstić information content (AvgIpc) is 3.59. The van der Waals surface area contributed by atoms with Gasteiger partial charge in [-0.25, -0.2) is 28.0 Å². The van der Waals surface area contributed by atoms with Crippen LogP contribution >= 0.6 is 11.3 Å². The number of alkyl carbamates (subject to hydrolysis) is 1. The number of nitrogens with two attached hydrogens (primary N) is 1. The van der Waals surface area contributed by atoms with E-state index < -0.39 is 21.7 Å². The van der Waals surface area contributed by atoms with Crippen LogP contribution < -0.4 is 20.5 Å². The Balaban J connectivity index is 1.15. The maximum Gasteiger partial charge on any atom is 0.407 e. The molecule has 0 fully saturated rings. The predicted octanol–water partition coefficient (Wildman–Crippen LogP) is 1.59. The third-order valence-electron chi connectivity index (χ3n) is 5.53. The topological polar surface area (TPSA) is 208 Å². The van der Waals surface area contributed by atoms with Gasteiger partial charge in [0.2, 0.25) is 10.2 Å². The number of nitrogens with one attached hydrogen (secondary N) is 2. The molecule has 0 aliphatic carbocycles. The fourth-order valence-corrected chi connectivity index (χ4v) is 5.25. The molecule has 0 bridgehead atoms. The Kier molecular flexibility index (Phi) is 14.3. The Labute approximate surface area is 265 Å². The summed E-state index contributed by atoms with van der Waals surface area (Å²) in [4.78, 5) is 27.7. The van der Waals surface area contributed by atoms with Gasteiger partial charge in [-0.3, -0.25) is 4.79 Å². The summed E-state index contributed by atoms with van der Waals surface area (Å²) in [5.74, 6) is 0.290. The second-order valence-electron chi connectivity index (χ2n) is 10.7. The van der Waals surface area contributed by atoms with Gasteiger partial charge in [-0.15, -0.1) is 16.4 Å². The van der Waals surface area contributed by atoms with Crippen LogP contribution in [0.15, 0.2) is 28.7 Å². The van der Waals surface area contributed by atoms with E-state index in [1.165, 1.54) is 4.68 Å². The largest absolute Gasteiger partial charge is 0.487 e. The molecule has 2 amide bonds. The molecule has 0 aliphatic rings. The van der Waals surface area contributed by atoms with Crippen molar-refractivity contribution in [3.63, 3.8) is 0 Å². The van der Waals surface area contributed by atoms with Gasteiger partial charge in [-0.05, 0) is 51.8 Å². The summed E-state index contributed by atoms with van der Waals surface area (Å²) >= 11 is 0.961. The van der Waals surface area contributed by atoms with Crippen LogP contribution in [-0.2, 0) is 46.9 Å². The van der Waals surface area contributed by atoms with E-state index in [1.54, 1.807) is 24.4 Å². The predicted molar refractivity (Wildman–Crippen MR) is 164 cm³/mol. The van der Waals surface area contributed by atoms with Gasteiger partial charge in [0.25, 0.3) is 10.0 Å². The van der Waals surface area contributed by atoms with Gasteiger partial charge in [-0.2, -0.15) is 0 Å². The van der Waals surface area contributed by atoms with Gasteiger partial charge in [0.05, 0.1) is 42.8 Å². The monoisotopic (exact) mass is 671 g/mol. The first-order valence-electron chi connectivity index (χ1n) is 14.3. The van der Waals surface area contributed by atoms with Crippen molar-refractivity contribution in [2.24, 2.45) is 5.14 Å². The number of fused-ring (bicyclic) bond motifs is 1. The molecule has 0 saturated heterocycles. The first-order chi connectivity index (χ1) is 21.4. The zero-order valence-electron chi connectivity index (χ0n) is 25.7. The quantitative estimate of drug-likeness (QED) is 0.146. The zero-order valence-corrected chi connectivity index (χ0v) is 27.3. The van der Waals surface area contributed by atoms with E-state index in [-0.39, 0.29) is 23.4 Å². The standard InChI is InChI=1S/C27H41N7O9S2/c1-27(2,3)43-25(36)30-9-5-11-40-13-15-41-14-12-39-10-4-8-29-24(35)18-34-17-20(32-33-34)19-42-21-6-7-22-23(16-21)44-26(31-22)45(28,37)38/h6-7,16-17H,4-5,8-15,18-19H2,1-3H3,(H,29,35)(H,30,36)(H2,28,37,38).